The maximum Gasteiger partial charge on any atom is 0.309 e. The fourth-order valence-electron chi connectivity index (χ4n) is 1.61. The number of rotatable bonds is 5. The van der Waals surface area contributed by atoms with E-state index in [0.29, 0.717) is 18.1 Å². The maximum absolute atomic E-state index is 11.1. The molecule has 1 rings (SSSR count). The lowest BCUT2D eigenvalue weighted by atomic mass is 9.84. The summed E-state index contributed by atoms with van der Waals surface area (Å²) in [5, 5.41) is 9.73. The topological polar surface area (TPSA) is 46.5 Å². The van der Waals surface area contributed by atoms with Gasteiger partial charge < -0.3 is 9.84 Å². The van der Waals surface area contributed by atoms with E-state index in [1.165, 1.54) is 0 Å². The van der Waals surface area contributed by atoms with Gasteiger partial charge in [0.25, 0.3) is 0 Å². The zero-order valence-electron chi connectivity index (χ0n) is 10.3. The van der Waals surface area contributed by atoms with Gasteiger partial charge in [0.1, 0.15) is 0 Å². The average Bonchev–Trinajstić information content (AvgIpc) is 2.23. The summed E-state index contributed by atoms with van der Waals surface area (Å²) in [6, 6.07) is 5.52. The molecule has 0 aliphatic carbocycles. The largest absolute Gasteiger partial charge is 0.481 e. The Morgan fingerprint density at radius 2 is 2.12 bits per heavy atom. The minimum Gasteiger partial charge on any atom is -0.481 e. The molecule has 0 spiro atoms. The third-order valence-corrected chi connectivity index (χ3v) is 3.07. The smallest absolute Gasteiger partial charge is 0.309 e. The Labute approximate surface area is 106 Å². The highest BCUT2D eigenvalue weighted by Gasteiger charge is 2.29. The second-order valence-corrected chi connectivity index (χ2v) is 5.08. The molecule has 4 heteroatoms. The first kappa shape index (κ1) is 14.0. The van der Waals surface area contributed by atoms with Crippen LogP contribution in [0, 0.1) is 5.41 Å². The van der Waals surface area contributed by atoms with Crippen LogP contribution in [-0.2, 0) is 22.6 Å². The second kappa shape index (κ2) is 5.52. The van der Waals surface area contributed by atoms with Crippen molar-refractivity contribution in [3.05, 3.63) is 34.3 Å². The van der Waals surface area contributed by atoms with Crippen LogP contribution in [0.5, 0.6) is 0 Å². The fraction of sp³-hybridized carbons (Fsp3) is 0.462. The molecule has 0 aliphatic heterocycles. The molecule has 0 aromatic heterocycles. The lowest BCUT2D eigenvalue weighted by Gasteiger charge is -2.21. The zero-order valence-corrected chi connectivity index (χ0v) is 11.0. The summed E-state index contributed by atoms with van der Waals surface area (Å²) in [5.41, 5.74) is 0.950. The first-order valence-corrected chi connectivity index (χ1v) is 5.75. The summed E-state index contributed by atoms with van der Waals surface area (Å²) >= 11 is 6.13. The number of carboxylic acids is 1. The maximum atomic E-state index is 11.1. The molecule has 1 N–H and O–H groups in total. The standard InChI is InChI=1S/C13H17ClO3/c1-13(2,12(15)16)7-10-9(8-17-3)5-4-6-11(10)14/h4-6H,7-8H2,1-3H3,(H,15,16). The predicted octanol–water partition coefficient (Wildman–Crippen LogP) is 3.14. The van der Waals surface area contributed by atoms with Crippen molar-refractivity contribution in [2.45, 2.75) is 26.9 Å². The molecule has 1 aromatic rings. The highest BCUT2D eigenvalue weighted by Crippen LogP contribution is 2.29. The molecule has 0 radical (unpaired) electrons. The van der Waals surface area contributed by atoms with Gasteiger partial charge in [-0.1, -0.05) is 23.7 Å². The minimum absolute atomic E-state index is 0.390. The van der Waals surface area contributed by atoms with Crippen molar-refractivity contribution < 1.29 is 14.6 Å². The van der Waals surface area contributed by atoms with Crippen LogP contribution in [-0.4, -0.2) is 18.2 Å². The van der Waals surface area contributed by atoms with Gasteiger partial charge in [-0.05, 0) is 37.5 Å². The van der Waals surface area contributed by atoms with Gasteiger partial charge in [0, 0.05) is 12.1 Å². The number of carbonyl (C=O) groups is 1. The molecule has 0 unspecified atom stereocenters. The third kappa shape index (κ3) is 3.45. The predicted molar refractivity (Wildman–Crippen MR) is 67.3 cm³/mol. The summed E-state index contributed by atoms with van der Waals surface area (Å²) in [5.74, 6) is -0.833. The van der Waals surface area contributed by atoms with E-state index in [4.69, 9.17) is 21.4 Å². The van der Waals surface area contributed by atoms with Crippen LogP contribution in [0.1, 0.15) is 25.0 Å². The fourth-order valence-corrected chi connectivity index (χ4v) is 1.87. The molecule has 94 valence electrons. The molecule has 0 aliphatic rings. The van der Waals surface area contributed by atoms with Crippen molar-refractivity contribution >= 4 is 17.6 Å². The van der Waals surface area contributed by atoms with Gasteiger partial charge in [0.2, 0.25) is 0 Å². The molecule has 1 aromatic carbocycles. The third-order valence-electron chi connectivity index (χ3n) is 2.71. The van der Waals surface area contributed by atoms with E-state index in [-0.39, 0.29) is 0 Å². The molecule has 0 fully saturated rings. The number of carboxylic acid groups (broad SMARTS) is 1. The molecule has 0 amide bonds. The summed E-state index contributed by atoms with van der Waals surface area (Å²) in [6.45, 7) is 3.82. The van der Waals surface area contributed by atoms with E-state index in [0.717, 1.165) is 11.1 Å². The van der Waals surface area contributed by atoms with E-state index in [1.807, 2.05) is 12.1 Å². The van der Waals surface area contributed by atoms with Crippen molar-refractivity contribution in [2.24, 2.45) is 5.41 Å². The van der Waals surface area contributed by atoms with Gasteiger partial charge in [-0.2, -0.15) is 0 Å². The van der Waals surface area contributed by atoms with Crippen molar-refractivity contribution in [1.82, 2.24) is 0 Å². The molecule has 17 heavy (non-hydrogen) atoms. The second-order valence-electron chi connectivity index (χ2n) is 4.68. The lowest BCUT2D eigenvalue weighted by Crippen LogP contribution is -2.26. The lowest BCUT2D eigenvalue weighted by molar-refractivity contribution is -0.146. The molecule has 0 saturated heterocycles. The van der Waals surface area contributed by atoms with Crippen LogP contribution < -0.4 is 0 Å². The summed E-state index contributed by atoms with van der Waals surface area (Å²) in [4.78, 5) is 11.1. The molecular formula is C13H17ClO3. The average molecular weight is 257 g/mol. The number of hydrogen-bond acceptors (Lipinski definition) is 2. The molecule has 0 atom stereocenters. The van der Waals surface area contributed by atoms with Crippen LogP contribution in [0.3, 0.4) is 0 Å². The number of benzene rings is 1. The van der Waals surface area contributed by atoms with Crippen molar-refractivity contribution in [1.29, 1.82) is 0 Å². The Kier molecular flexibility index (Phi) is 4.54. The Balaban J connectivity index is 3.08. The quantitative estimate of drug-likeness (QED) is 0.880. The van der Waals surface area contributed by atoms with Gasteiger partial charge in [0.05, 0.1) is 12.0 Å². The number of halogens is 1. The Hall–Kier alpha value is -1.06. The van der Waals surface area contributed by atoms with Gasteiger partial charge in [-0.15, -0.1) is 0 Å². The van der Waals surface area contributed by atoms with Crippen molar-refractivity contribution in [3.8, 4) is 0 Å². The number of methoxy groups -OCH3 is 1. The van der Waals surface area contributed by atoms with Crippen LogP contribution in [0.2, 0.25) is 5.02 Å². The Morgan fingerprint density at radius 3 is 2.65 bits per heavy atom. The first-order chi connectivity index (χ1) is 7.88. The van der Waals surface area contributed by atoms with E-state index in [2.05, 4.69) is 0 Å². The van der Waals surface area contributed by atoms with Crippen molar-refractivity contribution in [3.63, 3.8) is 0 Å². The highest BCUT2D eigenvalue weighted by atomic mass is 35.5. The van der Waals surface area contributed by atoms with Gasteiger partial charge >= 0.3 is 5.97 Å². The highest BCUT2D eigenvalue weighted by molar-refractivity contribution is 6.31. The summed E-state index contributed by atoms with van der Waals surface area (Å²) < 4.78 is 5.09. The number of aliphatic carboxylic acids is 1. The molecular weight excluding hydrogens is 240 g/mol. The molecule has 0 saturated carbocycles. The van der Waals surface area contributed by atoms with Crippen LogP contribution >= 0.6 is 11.6 Å². The number of hydrogen-bond donors (Lipinski definition) is 1. The molecule has 0 heterocycles. The first-order valence-electron chi connectivity index (χ1n) is 5.37. The number of ether oxygens (including phenoxy) is 1. The van der Waals surface area contributed by atoms with Crippen LogP contribution in [0.25, 0.3) is 0 Å². The van der Waals surface area contributed by atoms with Gasteiger partial charge in [-0.3, -0.25) is 4.79 Å². The molecule has 3 nitrogen and oxygen atoms in total. The van der Waals surface area contributed by atoms with Gasteiger partial charge in [-0.25, -0.2) is 0 Å². The van der Waals surface area contributed by atoms with Gasteiger partial charge in [0.15, 0.2) is 0 Å². The molecule has 0 bridgehead atoms. The van der Waals surface area contributed by atoms with Crippen LogP contribution in [0.15, 0.2) is 18.2 Å². The summed E-state index contributed by atoms with van der Waals surface area (Å²) in [6.07, 6.45) is 0.390. The SMILES string of the molecule is COCc1cccc(Cl)c1CC(C)(C)C(=O)O. The Bertz CT molecular complexity index is 413. The van der Waals surface area contributed by atoms with E-state index in [9.17, 15) is 4.79 Å². The minimum atomic E-state index is -0.840. The van der Waals surface area contributed by atoms with E-state index < -0.39 is 11.4 Å². The van der Waals surface area contributed by atoms with E-state index >= 15 is 0 Å². The van der Waals surface area contributed by atoms with E-state index in [1.54, 1.807) is 27.0 Å². The van der Waals surface area contributed by atoms with Crippen LogP contribution in [0.4, 0.5) is 0 Å². The monoisotopic (exact) mass is 256 g/mol. The van der Waals surface area contributed by atoms with Crippen molar-refractivity contribution in [2.75, 3.05) is 7.11 Å². The summed E-state index contributed by atoms with van der Waals surface area (Å²) in [7, 11) is 1.60. The normalized spacial score (nSPS) is 11.5. The Morgan fingerprint density at radius 1 is 1.47 bits per heavy atom. The zero-order chi connectivity index (χ0) is 13.1.